The number of para-hydroxylation sites is 2. The molecule has 2 aliphatic rings. The number of benzene rings is 3. The third-order valence-electron chi connectivity index (χ3n) is 6.99. The second-order valence-electron chi connectivity index (χ2n) is 9.43. The number of rotatable bonds is 7. The number of aryl methyl sites for hydroxylation is 1. The zero-order chi connectivity index (χ0) is 25.2. The number of carbonyl (C=O) groups is 2. The monoisotopic (exact) mass is 478 g/mol. The maximum atomic E-state index is 13.9. The Labute approximate surface area is 211 Å². The van der Waals surface area contributed by atoms with Crippen molar-refractivity contribution in [3.8, 4) is 0 Å². The summed E-state index contributed by atoms with van der Waals surface area (Å²) in [5.41, 5.74) is 5.02. The normalized spacial score (nSPS) is 20.5. The van der Waals surface area contributed by atoms with E-state index < -0.39 is 17.8 Å². The quantitative estimate of drug-likeness (QED) is 0.431. The second kappa shape index (κ2) is 9.90. The molecule has 3 aromatic rings. The van der Waals surface area contributed by atoms with Crippen LogP contribution in [0.5, 0.6) is 0 Å². The van der Waals surface area contributed by atoms with Gasteiger partial charge in [-0.2, -0.15) is 10.2 Å². The molecular formula is C30H30N4O2. The molecular weight excluding hydrogens is 448 g/mol. The number of hydrogen-bond donors (Lipinski definition) is 0. The van der Waals surface area contributed by atoms with E-state index in [1.54, 1.807) is 0 Å². The van der Waals surface area contributed by atoms with Gasteiger partial charge >= 0.3 is 0 Å². The molecule has 182 valence electrons. The van der Waals surface area contributed by atoms with Crippen LogP contribution in [0.2, 0.25) is 0 Å². The zero-order valence-electron chi connectivity index (χ0n) is 20.8. The fraction of sp³-hybridized carbons (Fsp3) is 0.267. The Morgan fingerprint density at radius 1 is 0.694 bits per heavy atom. The van der Waals surface area contributed by atoms with Gasteiger partial charge in [0.15, 0.2) is 0 Å². The summed E-state index contributed by atoms with van der Waals surface area (Å²) in [7, 11) is 0. The molecule has 2 heterocycles. The van der Waals surface area contributed by atoms with Crippen molar-refractivity contribution in [2.45, 2.75) is 39.5 Å². The average molecular weight is 479 g/mol. The molecule has 0 spiro atoms. The molecule has 0 saturated heterocycles. The predicted octanol–water partition coefficient (Wildman–Crippen LogP) is 5.80. The summed E-state index contributed by atoms with van der Waals surface area (Å²) in [6, 6.07) is 27.2. The van der Waals surface area contributed by atoms with Gasteiger partial charge in [0.25, 0.3) is 11.8 Å². The first-order valence-corrected chi connectivity index (χ1v) is 12.5. The molecule has 0 aliphatic carbocycles. The molecule has 6 nitrogen and oxygen atoms in total. The molecule has 2 atom stereocenters. The Morgan fingerprint density at radius 2 is 1.14 bits per heavy atom. The molecule has 2 amide bonds. The van der Waals surface area contributed by atoms with E-state index in [0.717, 1.165) is 29.8 Å². The molecule has 5 rings (SSSR count). The van der Waals surface area contributed by atoms with E-state index in [1.165, 1.54) is 15.6 Å². The van der Waals surface area contributed by atoms with Crippen LogP contribution in [0.3, 0.4) is 0 Å². The Hall–Kier alpha value is -4.06. The van der Waals surface area contributed by atoms with Crippen molar-refractivity contribution in [2.24, 2.45) is 22.0 Å². The van der Waals surface area contributed by atoms with Gasteiger partial charge in [0.2, 0.25) is 0 Å². The van der Waals surface area contributed by atoms with Crippen molar-refractivity contribution in [3.05, 3.63) is 96.1 Å². The van der Waals surface area contributed by atoms with E-state index in [0.29, 0.717) is 11.4 Å². The fourth-order valence-electron chi connectivity index (χ4n) is 5.27. The van der Waals surface area contributed by atoms with Gasteiger partial charge in [-0.3, -0.25) is 9.59 Å². The molecule has 36 heavy (non-hydrogen) atoms. The number of nitrogens with zero attached hydrogens (tertiary/aromatic N) is 4. The third-order valence-corrected chi connectivity index (χ3v) is 6.99. The first-order valence-electron chi connectivity index (χ1n) is 12.5. The van der Waals surface area contributed by atoms with Gasteiger partial charge < -0.3 is 0 Å². The van der Waals surface area contributed by atoms with Crippen molar-refractivity contribution in [1.82, 2.24) is 0 Å². The van der Waals surface area contributed by atoms with Gasteiger partial charge in [0.05, 0.1) is 23.2 Å². The number of amides is 2. The summed E-state index contributed by atoms with van der Waals surface area (Å²) in [5, 5.41) is 12.2. The molecule has 6 heteroatoms. The molecule has 0 saturated carbocycles. The Kier molecular flexibility index (Phi) is 6.51. The maximum absolute atomic E-state index is 13.9. The van der Waals surface area contributed by atoms with E-state index in [4.69, 9.17) is 0 Å². The highest BCUT2D eigenvalue weighted by atomic mass is 16.2. The summed E-state index contributed by atoms with van der Waals surface area (Å²) in [4.78, 5) is 27.7. The van der Waals surface area contributed by atoms with Gasteiger partial charge in [-0.25, -0.2) is 10.0 Å². The SMILES string of the molecule is CCCc1ccc(C(C2C(=O)N(c3ccccc3)N=C2C)C2C(=O)N(c3ccccc3)N=C2C)cc1. The van der Waals surface area contributed by atoms with Crippen LogP contribution in [-0.4, -0.2) is 23.2 Å². The van der Waals surface area contributed by atoms with Gasteiger partial charge in [0, 0.05) is 17.3 Å². The molecule has 0 bridgehead atoms. The largest absolute Gasteiger partial charge is 0.272 e. The number of hydrazone groups is 2. The van der Waals surface area contributed by atoms with Crippen LogP contribution in [-0.2, 0) is 16.0 Å². The predicted molar refractivity (Wildman–Crippen MR) is 144 cm³/mol. The summed E-state index contributed by atoms with van der Waals surface area (Å²) < 4.78 is 0. The highest BCUT2D eigenvalue weighted by Crippen LogP contribution is 2.42. The van der Waals surface area contributed by atoms with Gasteiger partial charge in [-0.05, 0) is 55.7 Å². The van der Waals surface area contributed by atoms with Crippen LogP contribution in [0.15, 0.2) is 95.1 Å². The first-order chi connectivity index (χ1) is 17.5. The highest BCUT2D eigenvalue weighted by molar-refractivity contribution is 6.19. The zero-order valence-corrected chi connectivity index (χ0v) is 20.8. The maximum Gasteiger partial charge on any atom is 0.256 e. The summed E-state index contributed by atoms with van der Waals surface area (Å²) in [6.07, 6.45) is 2.04. The molecule has 0 N–H and O–H groups in total. The summed E-state index contributed by atoms with van der Waals surface area (Å²) in [5.74, 6) is -1.81. The van der Waals surface area contributed by atoms with E-state index in [2.05, 4.69) is 41.4 Å². The number of anilines is 2. The lowest BCUT2D eigenvalue weighted by Crippen LogP contribution is -2.40. The number of hydrogen-bond acceptors (Lipinski definition) is 4. The molecule has 2 aliphatic heterocycles. The van der Waals surface area contributed by atoms with E-state index in [-0.39, 0.29) is 11.8 Å². The molecule has 0 radical (unpaired) electrons. The highest BCUT2D eigenvalue weighted by Gasteiger charge is 2.50. The van der Waals surface area contributed by atoms with Gasteiger partial charge in [0.1, 0.15) is 0 Å². The van der Waals surface area contributed by atoms with Gasteiger partial charge in [-0.15, -0.1) is 0 Å². The molecule has 0 aromatic heterocycles. The Bertz CT molecular complexity index is 1240. The first kappa shape index (κ1) is 23.7. The van der Waals surface area contributed by atoms with Crippen LogP contribution in [0.4, 0.5) is 11.4 Å². The molecule has 0 fully saturated rings. The van der Waals surface area contributed by atoms with Crippen molar-refractivity contribution >= 4 is 34.6 Å². The van der Waals surface area contributed by atoms with Crippen LogP contribution < -0.4 is 10.0 Å². The molecule has 3 aromatic carbocycles. The summed E-state index contributed by atoms with van der Waals surface area (Å²) in [6.45, 7) is 5.91. The Balaban J connectivity index is 1.56. The molecule has 2 unspecified atom stereocenters. The van der Waals surface area contributed by atoms with Crippen molar-refractivity contribution < 1.29 is 9.59 Å². The number of carbonyl (C=O) groups excluding carboxylic acids is 2. The second-order valence-corrected chi connectivity index (χ2v) is 9.43. The van der Waals surface area contributed by atoms with E-state index >= 15 is 0 Å². The lowest BCUT2D eigenvalue weighted by molar-refractivity contribution is -0.122. The van der Waals surface area contributed by atoms with E-state index in [9.17, 15) is 9.59 Å². The van der Waals surface area contributed by atoms with Crippen LogP contribution in [0.25, 0.3) is 0 Å². The topological polar surface area (TPSA) is 65.3 Å². The standard InChI is InChI=1S/C30H30N4O2/c1-4-11-22-16-18-23(19-17-22)28(26-20(2)31-33(29(26)35)24-12-7-5-8-13-24)27-21(3)32-34(30(27)36)25-14-9-6-10-15-25/h5-10,12-19,26-28H,4,11H2,1-3H3. The smallest absolute Gasteiger partial charge is 0.256 e. The minimum Gasteiger partial charge on any atom is -0.272 e. The lowest BCUT2D eigenvalue weighted by atomic mass is 9.73. The van der Waals surface area contributed by atoms with E-state index in [1.807, 2.05) is 74.5 Å². The van der Waals surface area contributed by atoms with Crippen LogP contribution in [0.1, 0.15) is 44.2 Å². The van der Waals surface area contributed by atoms with Crippen LogP contribution in [0, 0.1) is 11.8 Å². The van der Waals surface area contributed by atoms with Gasteiger partial charge in [-0.1, -0.05) is 74.0 Å². The Morgan fingerprint density at radius 3 is 1.56 bits per heavy atom. The van der Waals surface area contributed by atoms with Crippen LogP contribution >= 0.6 is 0 Å². The fourth-order valence-corrected chi connectivity index (χ4v) is 5.27. The average Bonchev–Trinajstić information content (AvgIpc) is 3.36. The summed E-state index contributed by atoms with van der Waals surface area (Å²) >= 11 is 0. The van der Waals surface area contributed by atoms with Crippen molar-refractivity contribution in [1.29, 1.82) is 0 Å². The minimum atomic E-state index is -0.572. The minimum absolute atomic E-state index is 0.125. The van der Waals surface area contributed by atoms with Crippen molar-refractivity contribution in [2.75, 3.05) is 10.0 Å². The lowest BCUT2D eigenvalue weighted by Gasteiger charge is -2.29. The third kappa shape index (κ3) is 4.24. The van der Waals surface area contributed by atoms with Crippen molar-refractivity contribution in [3.63, 3.8) is 0 Å².